The summed E-state index contributed by atoms with van der Waals surface area (Å²) in [4.78, 5) is -0.346. The van der Waals surface area contributed by atoms with E-state index in [0.29, 0.717) is 5.39 Å². The third-order valence-corrected chi connectivity index (χ3v) is 6.37. The molecule has 3 aromatic rings. The molecule has 0 unspecified atom stereocenters. The second-order valence-corrected chi connectivity index (χ2v) is 10.8. The summed E-state index contributed by atoms with van der Waals surface area (Å²) in [6.45, 7) is -0.175. The molecule has 0 heterocycles. The summed E-state index contributed by atoms with van der Waals surface area (Å²) in [7, 11) is -7.88. The Labute approximate surface area is 188 Å². The molecule has 0 aromatic heterocycles. The Kier molecular flexibility index (Phi) is 6.98. The van der Waals surface area contributed by atoms with Crippen LogP contribution in [0.4, 0.5) is 13.2 Å². The number of fused-ring (bicyclic) bond motifs is 1. The van der Waals surface area contributed by atoms with Crippen molar-refractivity contribution in [3.63, 3.8) is 0 Å². The molecular formula is C21H18F3NO6S2. The van der Waals surface area contributed by atoms with Crippen molar-refractivity contribution in [1.82, 2.24) is 0 Å². The summed E-state index contributed by atoms with van der Waals surface area (Å²) < 4.78 is 97.2. The summed E-state index contributed by atoms with van der Waals surface area (Å²) in [6, 6.07) is 15.2. The number of rotatable bonds is 8. The van der Waals surface area contributed by atoms with Crippen molar-refractivity contribution in [3.05, 3.63) is 72.3 Å². The quantitative estimate of drug-likeness (QED) is 0.343. The number of sulfone groups is 1. The van der Waals surface area contributed by atoms with E-state index >= 15 is 0 Å². The lowest BCUT2D eigenvalue weighted by molar-refractivity contribution is -0.0597. The van der Waals surface area contributed by atoms with Gasteiger partial charge in [-0.2, -0.15) is 21.6 Å². The number of hydrogen-bond donors (Lipinski definition) is 0. The van der Waals surface area contributed by atoms with Gasteiger partial charge in [0, 0.05) is 11.8 Å². The van der Waals surface area contributed by atoms with Crippen LogP contribution in [0.15, 0.2) is 76.8 Å². The molecule has 0 amide bonds. The second-order valence-electron chi connectivity index (χ2n) is 6.98. The highest BCUT2D eigenvalue weighted by atomic mass is 32.2. The first-order chi connectivity index (χ1) is 15.4. The molecule has 0 aliphatic heterocycles. The Hall–Kier alpha value is -3.12. The zero-order valence-electron chi connectivity index (χ0n) is 17.1. The van der Waals surface area contributed by atoms with Gasteiger partial charge in [0.05, 0.1) is 5.75 Å². The maximum atomic E-state index is 13.5. The highest BCUT2D eigenvalue weighted by molar-refractivity contribution is 7.90. The van der Waals surface area contributed by atoms with Crippen molar-refractivity contribution in [2.45, 2.75) is 11.1 Å². The van der Waals surface area contributed by atoms with E-state index in [2.05, 4.69) is 9.44 Å². The van der Waals surface area contributed by atoms with Gasteiger partial charge in [-0.25, -0.2) is 8.42 Å². The third-order valence-electron chi connectivity index (χ3n) is 4.36. The smallest absolute Gasteiger partial charge is 0.437 e. The maximum absolute atomic E-state index is 13.5. The first kappa shape index (κ1) is 24.5. The highest BCUT2D eigenvalue weighted by Crippen LogP contribution is 2.26. The minimum atomic E-state index is -5.02. The van der Waals surface area contributed by atoms with Crippen molar-refractivity contribution in [3.8, 4) is 5.75 Å². The number of alkyl halides is 3. The minimum Gasteiger partial charge on any atom is -0.493 e. The largest absolute Gasteiger partial charge is 0.493 e. The van der Waals surface area contributed by atoms with Gasteiger partial charge in [-0.05, 0) is 47.2 Å². The van der Waals surface area contributed by atoms with Crippen molar-refractivity contribution in [2.75, 3.05) is 18.6 Å². The SMILES string of the molecule is CS(=O)(=O)CCOc1ccc(/C(=N/OS(=O)(=O)c2ccc3ccccc3c2)C(F)(F)F)cc1. The predicted octanol–water partition coefficient (Wildman–Crippen LogP) is 3.94. The van der Waals surface area contributed by atoms with Gasteiger partial charge in [-0.15, -0.1) is 0 Å². The lowest BCUT2D eigenvalue weighted by Crippen LogP contribution is -2.25. The van der Waals surface area contributed by atoms with E-state index in [4.69, 9.17) is 4.74 Å². The van der Waals surface area contributed by atoms with Crippen molar-refractivity contribution >= 4 is 36.4 Å². The van der Waals surface area contributed by atoms with Crippen LogP contribution < -0.4 is 4.74 Å². The van der Waals surface area contributed by atoms with Gasteiger partial charge < -0.3 is 4.74 Å². The summed E-state index contributed by atoms with van der Waals surface area (Å²) >= 11 is 0. The predicted molar refractivity (Wildman–Crippen MR) is 116 cm³/mol. The van der Waals surface area contributed by atoms with Gasteiger partial charge in [-0.3, -0.25) is 4.28 Å². The number of oxime groups is 1. The Morgan fingerprint density at radius 1 is 0.909 bits per heavy atom. The van der Waals surface area contributed by atoms with E-state index < -0.39 is 37.4 Å². The van der Waals surface area contributed by atoms with E-state index in [1.807, 2.05) is 0 Å². The zero-order valence-corrected chi connectivity index (χ0v) is 18.7. The van der Waals surface area contributed by atoms with Crippen LogP contribution in [-0.2, 0) is 24.2 Å². The molecule has 7 nitrogen and oxygen atoms in total. The van der Waals surface area contributed by atoms with Crippen molar-refractivity contribution in [2.24, 2.45) is 5.16 Å². The number of hydrogen-bond acceptors (Lipinski definition) is 7. The van der Waals surface area contributed by atoms with E-state index in [1.165, 1.54) is 30.3 Å². The summed E-state index contributed by atoms with van der Waals surface area (Å²) in [5.74, 6) is -0.126. The Morgan fingerprint density at radius 2 is 1.55 bits per heavy atom. The summed E-state index contributed by atoms with van der Waals surface area (Å²) in [5.41, 5.74) is -2.03. The Bertz CT molecular complexity index is 1380. The first-order valence-electron chi connectivity index (χ1n) is 9.34. The lowest BCUT2D eigenvalue weighted by atomic mass is 10.1. The molecule has 12 heteroatoms. The molecule has 0 atom stereocenters. The van der Waals surface area contributed by atoms with E-state index in [0.717, 1.165) is 23.8 Å². The minimum absolute atomic E-state index is 0.133. The first-order valence-corrected chi connectivity index (χ1v) is 12.8. The molecule has 3 aromatic carbocycles. The molecule has 0 radical (unpaired) electrons. The van der Waals surface area contributed by atoms with Crippen LogP contribution in [0.2, 0.25) is 0 Å². The molecule has 0 fully saturated rings. The van der Waals surface area contributed by atoms with Crippen molar-refractivity contribution in [1.29, 1.82) is 0 Å². The molecule has 0 aliphatic rings. The van der Waals surface area contributed by atoms with Crippen LogP contribution in [0.25, 0.3) is 10.8 Å². The number of ether oxygens (including phenoxy) is 1. The standard InChI is InChI=1S/C21H18F3NO6S2/c1-32(26,27)13-12-30-18-9-6-16(7-10-18)20(21(22,23)24)25-31-33(28,29)19-11-8-15-4-2-3-5-17(15)14-19/h2-11,14H,12-13H2,1H3/b25-20-. The van der Waals surface area contributed by atoms with Gasteiger partial charge in [0.1, 0.15) is 17.3 Å². The average molecular weight is 502 g/mol. The van der Waals surface area contributed by atoms with Crippen LogP contribution in [0, 0.1) is 0 Å². The van der Waals surface area contributed by atoms with Gasteiger partial charge in [0.2, 0.25) is 0 Å². The molecule has 3 rings (SSSR count). The molecule has 0 bridgehead atoms. The molecule has 0 saturated carbocycles. The fourth-order valence-electron chi connectivity index (χ4n) is 2.74. The van der Waals surface area contributed by atoms with Crippen LogP contribution in [-0.4, -0.2) is 47.3 Å². The molecule has 176 valence electrons. The number of benzene rings is 3. The molecule has 0 aliphatic carbocycles. The molecular weight excluding hydrogens is 483 g/mol. The monoisotopic (exact) mass is 501 g/mol. The Morgan fingerprint density at radius 3 is 2.15 bits per heavy atom. The topological polar surface area (TPSA) is 99.1 Å². The summed E-state index contributed by atoms with van der Waals surface area (Å²) in [6.07, 6.45) is -3.99. The normalized spacial score (nSPS) is 13.2. The Balaban J connectivity index is 1.82. The van der Waals surface area contributed by atoms with Gasteiger partial charge in [0.25, 0.3) is 0 Å². The van der Waals surface area contributed by atoms with E-state index in [-0.39, 0.29) is 23.0 Å². The van der Waals surface area contributed by atoms with Crippen LogP contribution in [0.3, 0.4) is 0 Å². The number of halogens is 3. The van der Waals surface area contributed by atoms with Crippen LogP contribution >= 0.6 is 0 Å². The molecule has 33 heavy (non-hydrogen) atoms. The van der Waals surface area contributed by atoms with Crippen LogP contribution in [0.1, 0.15) is 5.56 Å². The molecule has 0 spiro atoms. The fraction of sp³-hybridized carbons (Fsp3) is 0.190. The van der Waals surface area contributed by atoms with Crippen molar-refractivity contribution < 1.29 is 39.0 Å². The lowest BCUT2D eigenvalue weighted by Gasteiger charge is -2.12. The van der Waals surface area contributed by atoms with E-state index in [1.54, 1.807) is 24.3 Å². The molecule has 0 saturated heterocycles. The molecule has 0 N–H and O–H groups in total. The average Bonchev–Trinajstić information content (AvgIpc) is 2.72. The second kappa shape index (κ2) is 9.40. The van der Waals surface area contributed by atoms with Gasteiger partial charge >= 0.3 is 16.3 Å². The fourth-order valence-corrected chi connectivity index (χ4v) is 3.89. The summed E-state index contributed by atoms with van der Waals surface area (Å²) in [5, 5.41) is 4.21. The zero-order chi connectivity index (χ0) is 24.3. The third kappa shape index (κ3) is 6.68. The van der Waals surface area contributed by atoms with Gasteiger partial charge in [-0.1, -0.05) is 35.5 Å². The van der Waals surface area contributed by atoms with Crippen LogP contribution in [0.5, 0.6) is 5.75 Å². The number of nitrogens with zero attached hydrogens (tertiary/aromatic N) is 1. The maximum Gasteiger partial charge on any atom is 0.437 e. The van der Waals surface area contributed by atoms with Gasteiger partial charge in [0.15, 0.2) is 15.5 Å². The van der Waals surface area contributed by atoms with E-state index in [9.17, 15) is 30.0 Å². The highest BCUT2D eigenvalue weighted by Gasteiger charge is 2.38.